The SMILES string of the molecule is Cc1ccc(C)c(N2C(=O)c3ccc(C(=O)Nc4ccccc4N4CCOCC4)cc3C2=O)c1. The second-order valence-corrected chi connectivity index (χ2v) is 8.57. The summed E-state index contributed by atoms with van der Waals surface area (Å²) in [6.45, 7) is 6.55. The number of hydrogen-bond acceptors (Lipinski definition) is 5. The molecule has 0 radical (unpaired) electrons. The lowest BCUT2D eigenvalue weighted by atomic mass is 10.1. The zero-order valence-corrected chi connectivity index (χ0v) is 19.1. The van der Waals surface area contributed by atoms with Crippen LogP contribution in [0.5, 0.6) is 0 Å². The number of carbonyl (C=O) groups is 3. The Kier molecular flexibility index (Phi) is 5.63. The molecule has 0 unspecified atom stereocenters. The highest BCUT2D eigenvalue weighted by molar-refractivity contribution is 6.35. The molecule has 1 fully saturated rings. The van der Waals surface area contributed by atoms with Crippen molar-refractivity contribution < 1.29 is 19.1 Å². The minimum absolute atomic E-state index is 0.236. The van der Waals surface area contributed by atoms with Gasteiger partial charge in [0, 0.05) is 18.7 Å². The van der Waals surface area contributed by atoms with Crippen LogP contribution >= 0.6 is 0 Å². The number of nitrogens with one attached hydrogen (secondary N) is 1. The molecule has 0 spiro atoms. The fourth-order valence-electron chi connectivity index (χ4n) is 4.42. The number of rotatable bonds is 4. The number of ether oxygens (including phenoxy) is 1. The average Bonchev–Trinajstić information content (AvgIpc) is 3.10. The summed E-state index contributed by atoms with van der Waals surface area (Å²) < 4.78 is 5.43. The molecule has 7 nitrogen and oxygen atoms in total. The summed E-state index contributed by atoms with van der Waals surface area (Å²) in [6.07, 6.45) is 0. The number of hydrogen-bond donors (Lipinski definition) is 1. The molecule has 34 heavy (non-hydrogen) atoms. The molecule has 0 aromatic heterocycles. The van der Waals surface area contributed by atoms with Crippen molar-refractivity contribution >= 4 is 34.8 Å². The number of amides is 3. The standard InChI is InChI=1S/C27H25N3O4/c1-17-7-8-18(2)24(15-17)30-26(32)20-10-9-19(16-21(20)27(30)33)25(31)28-22-5-3-4-6-23(22)29-11-13-34-14-12-29/h3-10,15-16H,11-14H2,1-2H3,(H,28,31). The molecule has 2 heterocycles. The van der Waals surface area contributed by atoms with Crippen LogP contribution < -0.4 is 15.1 Å². The smallest absolute Gasteiger partial charge is 0.266 e. The second kappa shape index (κ2) is 8.76. The van der Waals surface area contributed by atoms with E-state index in [0.717, 1.165) is 29.9 Å². The molecule has 0 bridgehead atoms. The molecule has 2 aliphatic rings. The molecule has 3 amide bonds. The summed E-state index contributed by atoms with van der Waals surface area (Å²) in [6, 6.07) is 17.9. The van der Waals surface area contributed by atoms with Gasteiger partial charge in [-0.15, -0.1) is 0 Å². The number of carbonyl (C=O) groups excluding carboxylic acids is 3. The highest BCUT2D eigenvalue weighted by atomic mass is 16.5. The summed E-state index contributed by atoms with van der Waals surface area (Å²) in [4.78, 5) is 42.8. The third-order valence-electron chi connectivity index (χ3n) is 6.26. The van der Waals surface area contributed by atoms with Crippen molar-refractivity contribution in [3.63, 3.8) is 0 Å². The fourth-order valence-corrected chi connectivity index (χ4v) is 4.42. The van der Waals surface area contributed by atoms with E-state index in [4.69, 9.17) is 4.74 Å². The van der Waals surface area contributed by atoms with Gasteiger partial charge in [-0.1, -0.05) is 24.3 Å². The monoisotopic (exact) mass is 455 g/mol. The summed E-state index contributed by atoms with van der Waals surface area (Å²) >= 11 is 0. The molecule has 0 saturated carbocycles. The van der Waals surface area contributed by atoms with Crippen molar-refractivity contribution in [3.05, 3.63) is 88.5 Å². The lowest BCUT2D eigenvalue weighted by molar-refractivity contribution is 0.0925. The van der Waals surface area contributed by atoms with Crippen LogP contribution in [0.3, 0.4) is 0 Å². The highest BCUT2D eigenvalue weighted by Crippen LogP contribution is 2.32. The van der Waals surface area contributed by atoms with Crippen molar-refractivity contribution in [2.45, 2.75) is 13.8 Å². The minimum Gasteiger partial charge on any atom is -0.378 e. The number of nitrogens with zero attached hydrogens (tertiary/aromatic N) is 2. The molecule has 1 N–H and O–H groups in total. The number of morpholine rings is 1. The topological polar surface area (TPSA) is 79.0 Å². The van der Waals surface area contributed by atoms with E-state index in [0.29, 0.717) is 35.7 Å². The fraction of sp³-hybridized carbons (Fsp3) is 0.222. The van der Waals surface area contributed by atoms with Crippen molar-refractivity contribution in [3.8, 4) is 0 Å². The lowest BCUT2D eigenvalue weighted by Gasteiger charge is -2.30. The van der Waals surface area contributed by atoms with Gasteiger partial charge < -0.3 is 15.0 Å². The zero-order valence-electron chi connectivity index (χ0n) is 19.1. The van der Waals surface area contributed by atoms with E-state index in [2.05, 4.69) is 10.2 Å². The highest BCUT2D eigenvalue weighted by Gasteiger charge is 2.38. The molecule has 2 aliphatic heterocycles. The second-order valence-electron chi connectivity index (χ2n) is 8.57. The first-order chi connectivity index (χ1) is 16.4. The average molecular weight is 456 g/mol. The van der Waals surface area contributed by atoms with E-state index in [-0.39, 0.29) is 17.4 Å². The van der Waals surface area contributed by atoms with E-state index in [9.17, 15) is 14.4 Å². The van der Waals surface area contributed by atoms with Gasteiger partial charge in [0.15, 0.2) is 0 Å². The van der Waals surface area contributed by atoms with Crippen LogP contribution in [0.15, 0.2) is 60.7 Å². The maximum atomic E-state index is 13.2. The minimum atomic E-state index is -0.419. The Labute approximate surface area is 197 Å². The number of fused-ring (bicyclic) bond motifs is 1. The van der Waals surface area contributed by atoms with Crippen LogP contribution in [-0.4, -0.2) is 44.0 Å². The zero-order chi connectivity index (χ0) is 23.8. The van der Waals surface area contributed by atoms with Crippen molar-refractivity contribution in [1.29, 1.82) is 0 Å². The Balaban J connectivity index is 1.42. The summed E-state index contributed by atoms with van der Waals surface area (Å²) in [5.41, 5.74) is 4.82. The van der Waals surface area contributed by atoms with Crippen LogP contribution in [0.25, 0.3) is 0 Å². The molecule has 3 aromatic rings. The van der Waals surface area contributed by atoms with E-state index in [1.165, 1.54) is 11.0 Å². The maximum absolute atomic E-state index is 13.2. The maximum Gasteiger partial charge on any atom is 0.266 e. The summed E-state index contributed by atoms with van der Waals surface area (Å²) in [5.74, 6) is -1.13. The van der Waals surface area contributed by atoms with Gasteiger partial charge in [0.2, 0.25) is 0 Å². The molecule has 5 rings (SSSR count). The van der Waals surface area contributed by atoms with Gasteiger partial charge >= 0.3 is 0 Å². The van der Waals surface area contributed by atoms with Crippen molar-refractivity contribution in [2.24, 2.45) is 0 Å². The van der Waals surface area contributed by atoms with Crippen LogP contribution in [0.2, 0.25) is 0 Å². The van der Waals surface area contributed by atoms with E-state index < -0.39 is 5.91 Å². The van der Waals surface area contributed by atoms with Gasteiger partial charge in [-0.05, 0) is 61.4 Å². The molecule has 1 saturated heterocycles. The van der Waals surface area contributed by atoms with Crippen LogP contribution in [-0.2, 0) is 4.74 Å². The van der Waals surface area contributed by atoms with Crippen LogP contribution in [0.1, 0.15) is 42.2 Å². The Morgan fingerprint density at radius 3 is 2.38 bits per heavy atom. The Morgan fingerprint density at radius 1 is 0.853 bits per heavy atom. The predicted molar refractivity (Wildman–Crippen MR) is 131 cm³/mol. The molecule has 0 atom stereocenters. The van der Waals surface area contributed by atoms with Gasteiger partial charge in [-0.2, -0.15) is 0 Å². The first-order valence-electron chi connectivity index (χ1n) is 11.3. The van der Waals surface area contributed by atoms with Gasteiger partial charge in [0.25, 0.3) is 17.7 Å². The number of anilines is 3. The first-order valence-corrected chi connectivity index (χ1v) is 11.3. The van der Waals surface area contributed by atoms with E-state index in [1.54, 1.807) is 12.1 Å². The number of para-hydroxylation sites is 2. The third kappa shape index (κ3) is 3.84. The largest absolute Gasteiger partial charge is 0.378 e. The summed E-state index contributed by atoms with van der Waals surface area (Å²) in [5, 5.41) is 2.97. The Hall–Kier alpha value is -3.97. The Morgan fingerprint density at radius 2 is 1.59 bits per heavy atom. The third-order valence-corrected chi connectivity index (χ3v) is 6.26. The summed E-state index contributed by atoms with van der Waals surface area (Å²) in [7, 11) is 0. The molecular weight excluding hydrogens is 430 g/mol. The van der Waals surface area contributed by atoms with Crippen LogP contribution in [0, 0.1) is 13.8 Å². The molecule has 7 heteroatoms. The predicted octanol–water partition coefficient (Wildman–Crippen LogP) is 4.19. The van der Waals surface area contributed by atoms with Crippen LogP contribution in [0.4, 0.5) is 17.1 Å². The number of aryl methyl sites for hydroxylation is 2. The lowest BCUT2D eigenvalue weighted by Crippen LogP contribution is -2.36. The first kappa shape index (κ1) is 21.9. The quantitative estimate of drug-likeness (QED) is 0.597. The molecule has 0 aliphatic carbocycles. The number of imide groups is 1. The van der Waals surface area contributed by atoms with E-state index >= 15 is 0 Å². The van der Waals surface area contributed by atoms with Crippen molar-refractivity contribution in [1.82, 2.24) is 0 Å². The molecular formula is C27H25N3O4. The van der Waals surface area contributed by atoms with Gasteiger partial charge in [0.1, 0.15) is 0 Å². The van der Waals surface area contributed by atoms with E-state index in [1.807, 2.05) is 56.3 Å². The van der Waals surface area contributed by atoms with Gasteiger partial charge in [-0.25, -0.2) is 4.90 Å². The van der Waals surface area contributed by atoms with Crippen molar-refractivity contribution in [2.75, 3.05) is 41.4 Å². The molecule has 172 valence electrons. The normalized spacial score (nSPS) is 15.5. The number of benzene rings is 3. The molecule has 3 aromatic carbocycles. The Bertz CT molecular complexity index is 1310. The van der Waals surface area contributed by atoms with Gasteiger partial charge in [-0.3, -0.25) is 14.4 Å². The van der Waals surface area contributed by atoms with Gasteiger partial charge in [0.05, 0.1) is 41.4 Å².